The van der Waals surface area contributed by atoms with Gasteiger partial charge in [0, 0.05) is 15.7 Å². The topological polar surface area (TPSA) is 32.3 Å². The summed E-state index contributed by atoms with van der Waals surface area (Å²) in [6, 6.07) is 7.79. The minimum Gasteiger partial charge on any atom is -0.306 e. The third-order valence-corrected chi connectivity index (χ3v) is 3.94. The number of benzene rings is 1. The SMILES string of the molecule is CC1NCCC(C)(C)N(c2cccc(Br)c2)C1=O. The van der Waals surface area contributed by atoms with Crippen LogP contribution in [0.25, 0.3) is 0 Å². The summed E-state index contributed by atoms with van der Waals surface area (Å²) in [7, 11) is 0. The maximum atomic E-state index is 12.5. The largest absolute Gasteiger partial charge is 0.306 e. The van der Waals surface area contributed by atoms with E-state index in [1.807, 2.05) is 36.1 Å². The Labute approximate surface area is 117 Å². The Morgan fingerprint density at radius 3 is 2.83 bits per heavy atom. The number of hydrogen-bond acceptors (Lipinski definition) is 2. The molecule has 1 heterocycles. The van der Waals surface area contributed by atoms with Crippen LogP contribution >= 0.6 is 15.9 Å². The van der Waals surface area contributed by atoms with Crippen molar-refractivity contribution in [3.05, 3.63) is 28.7 Å². The third kappa shape index (κ3) is 2.59. The average molecular weight is 311 g/mol. The van der Waals surface area contributed by atoms with E-state index in [4.69, 9.17) is 0 Å². The smallest absolute Gasteiger partial charge is 0.244 e. The van der Waals surface area contributed by atoms with Gasteiger partial charge in [-0.25, -0.2) is 0 Å². The molecule has 1 aromatic rings. The van der Waals surface area contributed by atoms with Crippen LogP contribution in [0, 0.1) is 0 Å². The average Bonchev–Trinajstić information content (AvgIpc) is 2.37. The second-order valence-electron chi connectivity index (χ2n) is 5.39. The Bertz CT molecular complexity index is 459. The predicted octanol–water partition coefficient (Wildman–Crippen LogP) is 2.94. The van der Waals surface area contributed by atoms with Crippen LogP contribution in [0.5, 0.6) is 0 Å². The van der Waals surface area contributed by atoms with Crippen LogP contribution in [0.2, 0.25) is 0 Å². The molecule has 0 bridgehead atoms. The summed E-state index contributed by atoms with van der Waals surface area (Å²) in [5.41, 5.74) is 0.783. The van der Waals surface area contributed by atoms with Crippen molar-refractivity contribution in [2.75, 3.05) is 11.4 Å². The van der Waals surface area contributed by atoms with Gasteiger partial charge in [-0.15, -0.1) is 0 Å². The van der Waals surface area contributed by atoms with E-state index in [2.05, 4.69) is 35.1 Å². The summed E-state index contributed by atoms with van der Waals surface area (Å²) in [6.07, 6.45) is 0.940. The lowest BCUT2D eigenvalue weighted by atomic mass is 9.97. The second-order valence-corrected chi connectivity index (χ2v) is 6.31. The molecule has 1 aliphatic rings. The first-order valence-corrected chi connectivity index (χ1v) is 7.04. The second kappa shape index (κ2) is 5.02. The maximum Gasteiger partial charge on any atom is 0.244 e. The lowest BCUT2D eigenvalue weighted by Gasteiger charge is -2.37. The highest BCUT2D eigenvalue weighted by atomic mass is 79.9. The number of carbonyl (C=O) groups excluding carboxylic acids is 1. The van der Waals surface area contributed by atoms with Gasteiger partial charge in [0.2, 0.25) is 5.91 Å². The highest BCUT2D eigenvalue weighted by Crippen LogP contribution is 2.30. The van der Waals surface area contributed by atoms with Crippen molar-refractivity contribution in [2.24, 2.45) is 0 Å². The van der Waals surface area contributed by atoms with Gasteiger partial charge in [0.15, 0.2) is 0 Å². The lowest BCUT2D eigenvalue weighted by molar-refractivity contribution is -0.120. The van der Waals surface area contributed by atoms with E-state index in [1.54, 1.807) is 0 Å². The van der Waals surface area contributed by atoms with Gasteiger partial charge >= 0.3 is 0 Å². The van der Waals surface area contributed by atoms with Gasteiger partial charge in [-0.2, -0.15) is 0 Å². The molecule has 4 heteroatoms. The maximum absolute atomic E-state index is 12.5. The highest BCUT2D eigenvalue weighted by Gasteiger charge is 2.36. The van der Waals surface area contributed by atoms with Crippen LogP contribution in [0.1, 0.15) is 27.2 Å². The van der Waals surface area contributed by atoms with Gasteiger partial charge in [-0.1, -0.05) is 22.0 Å². The number of nitrogens with one attached hydrogen (secondary N) is 1. The molecule has 1 atom stereocenters. The molecule has 0 radical (unpaired) electrons. The van der Waals surface area contributed by atoms with Crippen molar-refractivity contribution >= 4 is 27.5 Å². The van der Waals surface area contributed by atoms with Crippen molar-refractivity contribution in [1.82, 2.24) is 5.32 Å². The fraction of sp³-hybridized carbons (Fsp3) is 0.500. The molecule has 0 aromatic heterocycles. The molecule has 98 valence electrons. The van der Waals surface area contributed by atoms with Crippen LogP contribution < -0.4 is 10.2 Å². The fourth-order valence-corrected chi connectivity index (χ4v) is 2.76. The zero-order chi connectivity index (χ0) is 13.3. The van der Waals surface area contributed by atoms with Gasteiger partial charge < -0.3 is 10.2 Å². The van der Waals surface area contributed by atoms with Crippen LogP contribution in [-0.4, -0.2) is 24.0 Å². The molecule has 2 rings (SSSR count). The molecule has 18 heavy (non-hydrogen) atoms. The van der Waals surface area contributed by atoms with Crippen LogP contribution in [-0.2, 0) is 4.79 Å². The molecule has 0 aliphatic carbocycles. The predicted molar refractivity (Wildman–Crippen MR) is 77.8 cm³/mol. The number of hydrogen-bond donors (Lipinski definition) is 1. The number of rotatable bonds is 1. The number of halogens is 1. The molecule has 1 N–H and O–H groups in total. The Morgan fingerprint density at radius 1 is 1.44 bits per heavy atom. The standard InChI is InChI=1S/C14H19BrN2O/c1-10-13(18)17(14(2,3)7-8-16-10)12-6-4-5-11(15)9-12/h4-6,9-10,16H,7-8H2,1-3H3. The van der Waals surface area contributed by atoms with E-state index in [1.165, 1.54) is 0 Å². The normalized spacial score (nSPS) is 23.9. The fourth-order valence-electron chi connectivity index (χ4n) is 2.38. The van der Waals surface area contributed by atoms with Crippen LogP contribution in [0.15, 0.2) is 28.7 Å². The first-order chi connectivity index (χ1) is 8.42. The van der Waals surface area contributed by atoms with Crippen molar-refractivity contribution in [1.29, 1.82) is 0 Å². The van der Waals surface area contributed by atoms with Crippen molar-refractivity contribution < 1.29 is 4.79 Å². The molecular weight excluding hydrogens is 292 g/mol. The molecule has 1 aliphatic heterocycles. The summed E-state index contributed by atoms with van der Waals surface area (Å²) in [5, 5.41) is 3.26. The summed E-state index contributed by atoms with van der Waals surface area (Å²) in [4.78, 5) is 14.4. The molecule has 1 saturated heterocycles. The zero-order valence-electron chi connectivity index (χ0n) is 11.0. The zero-order valence-corrected chi connectivity index (χ0v) is 12.6. The third-order valence-electron chi connectivity index (χ3n) is 3.45. The van der Waals surface area contributed by atoms with E-state index in [9.17, 15) is 4.79 Å². The summed E-state index contributed by atoms with van der Waals surface area (Å²) in [6.45, 7) is 7.02. The van der Waals surface area contributed by atoms with Gasteiger partial charge in [0.1, 0.15) is 0 Å². The molecule has 1 fully saturated rings. The number of carbonyl (C=O) groups is 1. The first kappa shape index (κ1) is 13.6. The summed E-state index contributed by atoms with van der Waals surface area (Å²) >= 11 is 3.47. The monoisotopic (exact) mass is 310 g/mol. The van der Waals surface area contributed by atoms with E-state index in [-0.39, 0.29) is 17.5 Å². The molecule has 1 amide bonds. The summed E-state index contributed by atoms with van der Waals surface area (Å²) in [5.74, 6) is 0.135. The van der Waals surface area contributed by atoms with Crippen molar-refractivity contribution in [3.8, 4) is 0 Å². The summed E-state index contributed by atoms with van der Waals surface area (Å²) < 4.78 is 0.994. The number of amides is 1. The molecule has 0 saturated carbocycles. The van der Waals surface area contributed by atoms with Gasteiger partial charge in [-0.05, 0) is 51.9 Å². The van der Waals surface area contributed by atoms with E-state index < -0.39 is 0 Å². The highest BCUT2D eigenvalue weighted by molar-refractivity contribution is 9.10. The Morgan fingerprint density at radius 2 is 2.17 bits per heavy atom. The van der Waals surface area contributed by atoms with Gasteiger partial charge in [0.05, 0.1) is 6.04 Å². The number of nitrogens with zero attached hydrogens (tertiary/aromatic N) is 1. The molecule has 1 aromatic carbocycles. The first-order valence-electron chi connectivity index (χ1n) is 6.25. The molecule has 0 spiro atoms. The Hall–Kier alpha value is -0.870. The minimum atomic E-state index is -0.171. The van der Waals surface area contributed by atoms with Crippen LogP contribution in [0.4, 0.5) is 5.69 Å². The lowest BCUT2D eigenvalue weighted by Crippen LogP contribution is -2.50. The van der Waals surface area contributed by atoms with Gasteiger partial charge in [-0.3, -0.25) is 4.79 Å². The Balaban J connectivity index is 2.45. The number of anilines is 1. The van der Waals surface area contributed by atoms with Crippen LogP contribution in [0.3, 0.4) is 0 Å². The quantitative estimate of drug-likeness (QED) is 0.865. The molecular formula is C14H19BrN2O. The van der Waals surface area contributed by atoms with E-state index in [0.717, 1.165) is 23.1 Å². The minimum absolute atomic E-state index is 0.134. The Kier molecular flexibility index (Phi) is 3.78. The van der Waals surface area contributed by atoms with E-state index in [0.29, 0.717) is 0 Å². The molecule has 3 nitrogen and oxygen atoms in total. The van der Waals surface area contributed by atoms with E-state index >= 15 is 0 Å². The molecule has 1 unspecified atom stereocenters. The van der Waals surface area contributed by atoms with Crippen molar-refractivity contribution in [3.63, 3.8) is 0 Å². The van der Waals surface area contributed by atoms with Crippen molar-refractivity contribution in [2.45, 2.75) is 38.8 Å². The van der Waals surface area contributed by atoms with Gasteiger partial charge in [0.25, 0.3) is 0 Å².